The third kappa shape index (κ3) is 4.17. The van der Waals surface area contributed by atoms with E-state index in [1.54, 1.807) is 0 Å². The van der Waals surface area contributed by atoms with E-state index in [1.165, 1.54) is 60.1 Å². The molecule has 0 saturated carbocycles. The first kappa shape index (κ1) is 29.4. The standard InChI is InChI=1S/C52H30O2/c1-2-12-34-29-35(26-21-31(34)11-1)49-40-17-6-4-15-38(40)48(39-16-5-7-18-41(39)49)33-24-22-32(23-25-33)45-30-46-44-28-27-43-37-14-9-10-20-47(37)53-51(43)52(44)54-50(46)42-19-8-3-13-36(42)45/h1-30H. The van der Waals surface area contributed by atoms with Crippen LogP contribution in [0.25, 0.3) is 120 Å². The summed E-state index contributed by atoms with van der Waals surface area (Å²) in [5.74, 6) is 0. The van der Waals surface area contributed by atoms with Crippen molar-refractivity contribution in [3.05, 3.63) is 182 Å². The Kier molecular flexibility index (Phi) is 6.09. The van der Waals surface area contributed by atoms with E-state index in [1.807, 2.05) is 12.1 Å². The highest BCUT2D eigenvalue weighted by Crippen LogP contribution is 2.46. The van der Waals surface area contributed by atoms with E-state index in [9.17, 15) is 0 Å². The van der Waals surface area contributed by atoms with Crippen molar-refractivity contribution in [2.45, 2.75) is 0 Å². The van der Waals surface area contributed by atoms with Crippen LogP contribution in [0.1, 0.15) is 0 Å². The molecule has 0 fully saturated rings. The molecule has 0 amide bonds. The third-order valence-electron chi connectivity index (χ3n) is 11.4. The zero-order valence-electron chi connectivity index (χ0n) is 29.1. The van der Waals surface area contributed by atoms with Crippen LogP contribution in [0, 0.1) is 0 Å². The zero-order chi connectivity index (χ0) is 35.3. The van der Waals surface area contributed by atoms with Gasteiger partial charge >= 0.3 is 0 Å². The first-order valence-corrected chi connectivity index (χ1v) is 18.5. The van der Waals surface area contributed by atoms with Gasteiger partial charge in [-0.1, -0.05) is 152 Å². The molecule has 10 aromatic carbocycles. The molecule has 0 aliphatic heterocycles. The van der Waals surface area contributed by atoms with Crippen LogP contribution in [0.2, 0.25) is 0 Å². The summed E-state index contributed by atoms with van der Waals surface area (Å²) in [4.78, 5) is 0. The highest BCUT2D eigenvalue weighted by Gasteiger charge is 2.20. The maximum absolute atomic E-state index is 6.73. The smallest absolute Gasteiger partial charge is 0.178 e. The van der Waals surface area contributed by atoms with E-state index >= 15 is 0 Å². The molecule has 0 radical (unpaired) electrons. The third-order valence-corrected chi connectivity index (χ3v) is 11.4. The molecule has 2 heterocycles. The molecule has 2 nitrogen and oxygen atoms in total. The molecule has 12 aromatic rings. The molecule has 2 heteroatoms. The van der Waals surface area contributed by atoms with E-state index in [2.05, 4.69) is 170 Å². The molecule has 0 atom stereocenters. The fourth-order valence-electron chi connectivity index (χ4n) is 8.99. The van der Waals surface area contributed by atoms with Crippen LogP contribution < -0.4 is 0 Å². The summed E-state index contributed by atoms with van der Waals surface area (Å²) < 4.78 is 13.1. The lowest BCUT2D eigenvalue weighted by Gasteiger charge is -2.18. The Morgan fingerprint density at radius 3 is 1.44 bits per heavy atom. The number of hydrogen-bond acceptors (Lipinski definition) is 2. The summed E-state index contributed by atoms with van der Waals surface area (Å²) >= 11 is 0. The minimum atomic E-state index is 0.794. The van der Waals surface area contributed by atoms with Gasteiger partial charge in [0.05, 0.1) is 0 Å². The largest absolute Gasteiger partial charge is 0.452 e. The molecule has 0 saturated heterocycles. The lowest BCUT2D eigenvalue weighted by Crippen LogP contribution is -1.91. The van der Waals surface area contributed by atoms with Crippen molar-refractivity contribution < 1.29 is 8.83 Å². The Morgan fingerprint density at radius 2 is 0.741 bits per heavy atom. The fourth-order valence-corrected chi connectivity index (χ4v) is 8.99. The Labute approximate surface area is 310 Å². The molecular formula is C52H30O2. The molecule has 0 unspecified atom stereocenters. The Hall–Kier alpha value is -7.16. The van der Waals surface area contributed by atoms with Gasteiger partial charge in [-0.25, -0.2) is 0 Å². The maximum Gasteiger partial charge on any atom is 0.178 e. The molecule has 0 N–H and O–H groups in total. The number of fused-ring (bicyclic) bond motifs is 12. The van der Waals surface area contributed by atoms with Crippen LogP contribution in [0.4, 0.5) is 0 Å². The van der Waals surface area contributed by atoms with Crippen molar-refractivity contribution in [1.82, 2.24) is 0 Å². The average molecular weight is 687 g/mol. The van der Waals surface area contributed by atoms with E-state index in [0.29, 0.717) is 0 Å². The molecule has 0 aliphatic carbocycles. The highest BCUT2D eigenvalue weighted by atomic mass is 16.4. The number of hydrogen-bond donors (Lipinski definition) is 0. The number of furan rings is 2. The van der Waals surface area contributed by atoms with Gasteiger partial charge < -0.3 is 8.83 Å². The summed E-state index contributed by atoms with van der Waals surface area (Å²) in [6.45, 7) is 0. The van der Waals surface area contributed by atoms with Crippen molar-refractivity contribution in [2.24, 2.45) is 0 Å². The van der Waals surface area contributed by atoms with Gasteiger partial charge in [0.1, 0.15) is 11.2 Å². The zero-order valence-corrected chi connectivity index (χ0v) is 29.1. The lowest BCUT2D eigenvalue weighted by molar-refractivity contribution is 0.635. The molecular weight excluding hydrogens is 657 g/mol. The second kappa shape index (κ2) is 11.2. The van der Waals surface area contributed by atoms with Crippen molar-refractivity contribution in [2.75, 3.05) is 0 Å². The lowest BCUT2D eigenvalue weighted by atomic mass is 9.85. The molecule has 12 rings (SSSR count). The van der Waals surface area contributed by atoms with Gasteiger partial charge in [0, 0.05) is 26.9 Å². The van der Waals surface area contributed by atoms with Crippen LogP contribution in [0.5, 0.6) is 0 Å². The minimum Gasteiger partial charge on any atom is -0.452 e. The minimum absolute atomic E-state index is 0.794. The van der Waals surface area contributed by atoms with E-state index in [-0.39, 0.29) is 0 Å². The van der Waals surface area contributed by atoms with Gasteiger partial charge in [-0.15, -0.1) is 0 Å². The van der Waals surface area contributed by atoms with Crippen molar-refractivity contribution in [1.29, 1.82) is 0 Å². The summed E-state index contributed by atoms with van der Waals surface area (Å²) in [5.41, 5.74) is 10.7. The van der Waals surface area contributed by atoms with E-state index < -0.39 is 0 Å². The molecule has 0 bridgehead atoms. The van der Waals surface area contributed by atoms with E-state index in [0.717, 1.165) is 60.2 Å². The summed E-state index contributed by atoms with van der Waals surface area (Å²) in [6, 6.07) is 65.8. The molecule has 250 valence electrons. The second-order valence-corrected chi connectivity index (χ2v) is 14.3. The van der Waals surface area contributed by atoms with E-state index in [4.69, 9.17) is 8.83 Å². The van der Waals surface area contributed by atoms with Crippen molar-refractivity contribution in [3.63, 3.8) is 0 Å². The number of rotatable bonds is 3. The molecule has 2 aromatic heterocycles. The number of para-hydroxylation sites is 1. The predicted molar refractivity (Wildman–Crippen MR) is 227 cm³/mol. The Morgan fingerprint density at radius 1 is 0.259 bits per heavy atom. The van der Waals surface area contributed by atoms with Crippen LogP contribution in [-0.4, -0.2) is 0 Å². The Bertz CT molecular complexity index is 3430. The summed E-state index contributed by atoms with van der Waals surface area (Å²) in [7, 11) is 0. The normalized spacial score (nSPS) is 12.1. The van der Waals surface area contributed by atoms with Gasteiger partial charge in [0.25, 0.3) is 0 Å². The SMILES string of the molecule is c1ccc2cc(-c3c4ccccc4c(-c4ccc(-c5cc6c7ccc8c9ccccc9oc8c7oc6c6ccccc56)cc4)c4ccccc34)ccc2c1. The number of benzene rings is 10. The molecule has 0 spiro atoms. The first-order chi connectivity index (χ1) is 26.8. The van der Waals surface area contributed by atoms with Gasteiger partial charge in [-0.05, 0) is 101 Å². The molecule has 0 aliphatic rings. The monoisotopic (exact) mass is 686 g/mol. The van der Waals surface area contributed by atoms with Gasteiger partial charge in [-0.3, -0.25) is 0 Å². The second-order valence-electron chi connectivity index (χ2n) is 14.3. The Balaban J connectivity index is 1.05. The van der Waals surface area contributed by atoms with Gasteiger partial charge in [0.15, 0.2) is 11.2 Å². The van der Waals surface area contributed by atoms with Gasteiger partial charge in [-0.2, -0.15) is 0 Å². The van der Waals surface area contributed by atoms with Crippen LogP contribution in [-0.2, 0) is 0 Å². The fraction of sp³-hybridized carbons (Fsp3) is 0. The quantitative estimate of drug-likeness (QED) is 0.173. The maximum atomic E-state index is 6.73. The first-order valence-electron chi connectivity index (χ1n) is 18.5. The van der Waals surface area contributed by atoms with Crippen LogP contribution in [0.15, 0.2) is 191 Å². The topological polar surface area (TPSA) is 26.3 Å². The van der Waals surface area contributed by atoms with Crippen molar-refractivity contribution in [3.8, 4) is 33.4 Å². The predicted octanol–water partition coefficient (Wildman–Crippen LogP) is 15.1. The van der Waals surface area contributed by atoms with Crippen molar-refractivity contribution >= 4 is 87.0 Å². The van der Waals surface area contributed by atoms with Crippen LogP contribution >= 0.6 is 0 Å². The average Bonchev–Trinajstić information content (AvgIpc) is 3.81. The highest BCUT2D eigenvalue weighted by molar-refractivity contribution is 6.25. The van der Waals surface area contributed by atoms with Crippen LogP contribution in [0.3, 0.4) is 0 Å². The van der Waals surface area contributed by atoms with Gasteiger partial charge in [0.2, 0.25) is 0 Å². The summed E-state index contributed by atoms with van der Waals surface area (Å²) in [5, 5.41) is 14.1. The molecule has 54 heavy (non-hydrogen) atoms. The summed E-state index contributed by atoms with van der Waals surface area (Å²) in [6.07, 6.45) is 0.